The maximum absolute atomic E-state index is 12.2. The molecule has 22 heavy (non-hydrogen) atoms. The highest BCUT2D eigenvalue weighted by atomic mass is 32.2. The van der Waals surface area contributed by atoms with Gasteiger partial charge in [-0.1, -0.05) is 19.1 Å². The number of carbonyl (C=O) groups is 1. The van der Waals surface area contributed by atoms with Crippen molar-refractivity contribution in [1.82, 2.24) is 4.72 Å². The van der Waals surface area contributed by atoms with Crippen LogP contribution in [0.1, 0.15) is 22.8 Å². The van der Waals surface area contributed by atoms with Gasteiger partial charge in [0.1, 0.15) is 0 Å². The summed E-state index contributed by atoms with van der Waals surface area (Å²) in [6.45, 7) is 2.04. The molecule has 0 heterocycles. The maximum atomic E-state index is 12.2. The standard InChI is InChI=1S/C16H18N2O3S/c1-3-12-5-4-6-14(11-12)18-16(19)13-7-9-15(10-8-13)22(20,21)17-2/h4-11,17H,3H2,1-2H3,(H,18,19). The van der Waals surface area contributed by atoms with Crippen molar-refractivity contribution in [1.29, 1.82) is 0 Å². The molecule has 6 heteroatoms. The number of hydrogen-bond donors (Lipinski definition) is 2. The maximum Gasteiger partial charge on any atom is 0.255 e. The van der Waals surface area contributed by atoms with Gasteiger partial charge < -0.3 is 5.32 Å². The minimum absolute atomic E-state index is 0.125. The molecular weight excluding hydrogens is 300 g/mol. The Labute approximate surface area is 130 Å². The van der Waals surface area contributed by atoms with Crippen LogP contribution in [-0.2, 0) is 16.4 Å². The van der Waals surface area contributed by atoms with Crippen molar-refractivity contribution in [3.63, 3.8) is 0 Å². The van der Waals surface area contributed by atoms with E-state index in [1.807, 2.05) is 31.2 Å². The van der Waals surface area contributed by atoms with Gasteiger partial charge in [0.25, 0.3) is 5.91 Å². The third-order valence-corrected chi connectivity index (χ3v) is 4.72. The lowest BCUT2D eigenvalue weighted by Crippen LogP contribution is -2.19. The fourth-order valence-electron chi connectivity index (χ4n) is 1.98. The van der Waals surface area contributed by atoms with Gasteiger partial charge in [-0.05, 0) is 55.4 Å². The summed E-state index contributed by atoms with van der Waals surface area (Å²) in [5.41, 5.74) is 2.25. The van der Waals surface area contributed by atoms with E-state index >= 15 is 0 Å². The van der Waals surface area contributed by atoms with Gasteiger partial charge in [-0.3, -0.25) is 4.79 Å². The Balaban J connectivity index is 2.16. The van der Waals surface area contributed by atoms with Gasteiger partial charge in [0.15, 0.2) is 0 Å². The number of carbonyl (C=O) groups excluding carboxylic acids is 1. The predicted molar refractivity (Wildman–Crippen MR) is 86.5 cm³/mol. The second-order valence-corrected chi connectivity index (χ2v) is 6.63. The minimum Gasteiger partial charge on any atom is -0.322 e. The highest BCUT2D eigenvalue weighted by Gasteiger charge is 2.12. The lowest BCUT2D eigenvalue weighted by Gasteiger charge is -2.08. The van der Waals surface area contributed by atoms with E-state index in [1.54, 1.807) is 0 Å². The normalized spacial score (nSPS) is 11.2. The molecule has 0 aliphatic rings. The van der Waals surface area contributed by atoms with Crippen LogP contribution in [0.25, 0.3) is 0 Å². The van der Waals surface area contributed by atoms with Crippen LogP contribution in [0.2, 0.25) is 0 Å². The number of anilines is 1. The fraction of sp³-hybridized carbons (Fsp3) is 0.188. The van der Waals surface area contributed by atoms with Crippen LogP contribution in [0.3, 0.4) is 0 Å². The molecule has 0 atom stereocenters. The first-order valence-corrected chi connectivity index (χ1v) is 8.38. The first-order valence-electron chi connectivity index (χ1n) is 6.90. The second kappa shape index (κ2) is 6.72. The molecular formula is C16H18N2O3S. The van der Waals surface area contributed by atoms with Gasteiger partial charge >= 0.3 is 0 Å². The molecule has 0 fully saturated rings. The van der Waals surface area contributed by atoms with Gasteiger partial charge in [0.2, 0.25) is 10.0 Å². The molecule has 0 unspecified atom stereocenters. The van der Waals surface area contributed by atoms with E-state index in [1.165, 1.54) is 31.3 Å². The molecule has 0 aliphatic carbocycles. The van der Waals surface area contributed by atoms with E-state index in [-0.39, 0.29) is 10.8 Å². The third kappa shape index (κ3) is 3.72. The number of benzene rings is 2. The first-order chi connectivity index (χ1) is 10.5. The van der Waals surface area contributed by atoms with Crippen LogP contribution in [0, 0.1) is 0 Å². The molecule has 0 bridgehead atoms. The number of hydrogen-bond acceptors (Lipinski definition) is 3. The smallest absolute Gasteiger partial charge is 0.255 e. The molecule has 1 amide bonds. The fourth-order valence-corrected chi connectivity index (χ4v) is 2.71. The number of amides is 1. The highest BCUT2D eigenvalue weighted by molar-refractivity contribution is 7.89. The number of sulfonamides is 1. The Kier molecular flexibility index (Phi) is 4.95. The average Bonchev–Trinajstić information content (AvgIpc) is 2.55. The van der Waals surface area contributed by atoms with E-state index in [9.17, 15) is 13.2 Å². The van der Waals surface area contributed by atoms with Gasteiger partial charge in [-0.25, -0.2) is 13.1 Å². The average molecular weight is 318 g/mol. The Morgan fingerprint density at radius 3 is 2.36 bits per heavy atom. The van der Waals surface area contributed by atoms with Crippen molar-refractivity contribution < 1.29 is 13.2 Å². The van der Waals surface area contributed by atoms with Gasteiger partial charge in [0, 0.05) is 11.3 Å². The van der Waals surface area contributed by atoms with E-state index < -0.39 is 10.0 Å². The zero-order valence-electron chi connectivity index (χ0n) is 12.5. The Morgan fingerprint density at radius 2 is 1.77 bits per heavy atom. The monoisotopic (exact) mass is 318 g/mol. The van der Waals surface area contributed by atoms with E-state index in [0.717, 1.165) is 17.7 Å². The molecule has 0 aliphatic heterocycles. The van der Waals surface area contributed by atoms with Crippen LogP contribution in [0.5, 0.6) is 0 Å². The summed E-state index contributed by atoms with van der Waals surface area (Å²) >= 11 is 0. The van der Waals surface area contributed by atoms with E-state index in [2.05, 4.69) is 10.0 Å². The molecule has 2 N–H and O–H groups in total. The Morgan fingerprint density at radius 1 is 1.09 bits per heavy atom. The van der Waals surface area contributed by atoms with Crippen molar-refractivity contribution in [3.8, 4) is 0 Å². The number of nitrogens with one attached hydrogen (secondary N) is 2. The van der Waals surface area contributed by atoms with Gasteiger partial charge in [0.05, 0.1) is 4.90 Å². The van der Waals surface area contributed by atoms with E-state index in [0.29, 0.717) is 5.56 Å². The van der Waals surface area contributed by atoms with E-state index in [4.69, 9.17) is 0 Å². The summed E-state index contributed by atoms with van der Waals surface area (Å²) in [7, 11) is -2.15. The lowest BCUT2D eigenvalue weighted by atomic mass is 10.1. The first kappa shape index (κ1) is 16.2. The van der Waals surface area contributed by atoms with Crippen LogP contribution >= 0.6 is 0 Å². The SMILES string of the molecule is CCc1cccc(NC(=O)c2ccc(S(=O)(=O)NC)cc2)c1. The molecule has 2 aromatic rings. The molecule has 0 radical (unpaired) electrons. The largest absolute Gasteiger partial charge is 0.322 e. The molecule has 116 valence electrons. The summed E-state index contributed by atoms with van der Waals surface area (Å²) < 4.78 is 25.5. The number of aryl methyl sites for hydroxylation is 1. The molecule has 0 spiro atoms. The van der Waals surface area contributed by atoms with Crippen molar-refractivity contribution in [2.75, 3.05) is 12.4 Å². The van der Waals surface area contributed by atoms with Crippen LogP contribution in [0.15, 0.2) is 53.4 Å². The van der Waals surface area contributed by atoms with Gasteiger partial charge in [-0.2, -0.15) is 0 Å². The van der Waals surface area contributed by atoms with Crippen LogP contribution in [-0.4, -0.2) is 21.4 Å². The molecule has 0 saturated carbocycles. The molecule has 5 nitrogen and oxygen atoms in total. The topological polar surface area (TPSA) is 75.3 Å². The Hall–Kier alpha value is -2.18. The highest BCUT2D eigenvalue weighted by Crippen LogP contribution is 2.14. The van der Waals surface area contributed by atoms with Crippen molar-refractivity contribution in [2.45, 2.75) is 18.2 Å². The van der Waals surface area contributed by atoms with Crippen molar-refractivity contribution in [3.05, 3.63) is 59.7 Å². The van der Waals surface area contributed by atoms with Crippen molar-refractivity contribution >= 4 is 21.6 Å². The second-order valence-electron chi connectivity index (χ2n) is 4.74. The molecule has 2 aromatic carbocycles. The minimum atomic E-state index is -3.49. The Bertz CT molecular complexity index is 768. The summed E-state index contributed by atoms with van der Waals surface area (Å²) in [4.78, 5) is 12.3. The summed E-state index contributed by atoms with van der Waals surface area (Å²) in [6.07, 6.45) is 0.889. The zero-order valence-corrected chi connectivity index (χ0v) is 13.3. The summed E-state index contributed by atoms with van der Waals surface area (Å²) in [5, 5.41) is 2.80. The zero-order chi connectivity index (χ0) is 16.2. The summed E-state index contributed by atoms with van der Waals surface area (Å²) in [5.74, 6) is -0.276. The van der Waals surface area contributed by atoms with Crippen LogP contribution < -0.4 is 10.0 Å². The molecule has 2 rings (SSSR count). The summed E-state index contributed by atoms with van der Waals surface area (Å²) in [6, 6.07) is 13.4. The molecule has 0 aromatic heterocycles. The van der Waals surface area contributed by atoms with Gasteiger partial charge in [-0.15, -0.1) is 0 Å². The quantitative estimate of drug-likeness (QED) is 0.889. The third-order valence-electron chi connectivity index (χ3n) is 3.29. The predicted octanol–water partition coefficient (Wildman–Crippen LogP) is 2.41. The van der Waals surface area contributed by atoms with Crippen molar-refractivity contribution in [2.24, 2.45) is 0 Å². The lowest BCUT2D eigenvalue weighted by molar-refractivity contribution is 0.102. The number of rotatable bonds is 5. The van der Waals surface area contributed by atoms with Crippen LogP contribution in [0.4, 0.5) is 5.69 Å². The molecule has 0 saturated heterocycles.